The number of anilines is 1. The molecule has 0 bridgehead atoms. The van der Waals surface area contributed by atoms with Crippen molar-refractivity contribution in [1.29, 1.82) is 0 Å². The zero-order chi connectivity index (χ0) is 12.4. The fourth-order valence-corrected chi connectivity index (χ4v) is 1.99. The quantitative estimate of drug-likeness (QED) is 0.807. The summed E-state index contributed by atoms with van der Waals surface area (Å²) in [5, 5.41) is 0. The van der Waals surface area contributed by atoms with Gasteiger partial charge in [-0.3, -0.25) is 0 Å². The Morgan fingerprint density at radius 3 is 2.47 bits per heavy atom. The van der Waals surface area contributed by atoms with E-state index in [2.05, 4.69) is 14.9 Å². The van der Waals surface area contributed by atoms with Crippen LogP contribution in [0, 0.1) is 13.8 Å². The van der Waals surface area contributed by atoms with E-state index in [9.17, 15) is 0 Å². The predicted octanol–water partition coefficient (Wildman–Crippen LogP) is 1.74. The molecule has 0 unspecified atom stereocenters. The summed E-state index contributed by atoms with van der Waals surface area (Å²) in [6, 6.07) is 2.56. The number of aromatic nitrogens is 2. The van der Waals surface area contributed by atoms with Gasteiger partial charge in [-0.05, 0) is 32.8 Å². The Morgan fingerprint density at radius 2 is 2.00 bits per heavy atom. The van der Waals surface area contributed by atoms with Gasteiger partial charge in [0.05, 0.1) is 4.99 Å². The second-order valence-corrected chi connectivity index (χ2v) is 5.12. The second kappa shape index (κ2) is 4.96. The third-order valence-corrected chi connectivity index (χ3v) is 3.02. The molecule has 0 amide bonds. The molecule has 17 heavy (non-hydrogen) atoms. The molecule has 5 heteroatoms. The lowest BCUT2D eigenvalue weighted by Crippen LogP contribution is -2.31. The van der Waals surface area contributed by atoms with Crippen LogP contribution in [0.15, 0.2) is 6.07 Å². The summed E-state index contributed by atoms with van der Waals surface area (Å²) in [5.41, 5.74) is 7.58. The van der Waals surface area contributed by atoms with Gasteiger partial charge in [-0.1, -0.05) is 12.2 Å². The highest BCUT2D eigenvalue weighted by atomic mass is 32.1. The van der Waals surface area contributed by atoms with E-state index in [0.29, 0.717) is 11.0 Å². The molecule has 0 atom stereocenters. The summed E-state index contributed by atoms with van der Waals surface area (Å²) in [7, 11) is 0. The van der Waals surface area contributed by atoms with Gasteiger partial charge in [0.25, 0.3) is 0 Å². The molecule has 2 rings (SSSR count). The van der Waals surface area contributed by atoms with E-state index in [0.717, 1.165) is 30.3 Å². The van der Waals surface area contributed by atoms with E-state index in [-0.39, 0.29) is 0 Å². The molecule has 2 N–H and O–H groups in total. The largest absolute Gasteiger partial charge is 0.393 e. The van der Waals surface area contributed by atoms with Crippen LogP contribution in [0.2, 0.25) is 0 Å². The van der Waals surface area contributed by atoms with Crippen molar-refractivity contribution in [2.75, 3.05) is 11.4 Å². The molecule has 0 aliphatic heterocycles. The molecule has 4 nitrogen and oxygen atoms in total. The van der Waals surface area contributed by atoms with Crippen LogP contribution in [-0.2, 0) is 0 Å². The molecule has 0 spiro atoms. The average Bonchev–Trinajstić information content (AvgIpc) is 3.00. The maximum absolute atomic E-state index is 5.56. The van der Waals surface area contributed by atoms with Crippen LogP contribution in [0.3, 0.4) is 0 Å². The maximum atomic E-state index is 5.56. The van der Waals surface area contributed by atoms with Crippen molar-refractivity contribution in [2.45, 2.75) is 39.2 Å². The Kier molecular flexibility index (Phi) is 3.57. The fraction of sp³-hybridized carbons (Fsp3) is 0.583. The topological polar surface area (TPSA) is 55.0 Å². The van der Waals surface area contributed by atoms with Crippen LogP contribution in [0.4, 0.5) is 5.95 Å². The SMILES string of the molecule is Cc1cc(C)nc(N(CCC(N)=S)C2CC2)n1. The lowest BCUT2D eigenvalue weighted by molar-refractivity contribution is 0.760. The molecular weight excluding hydrogens is 232 g/mol. The van der Waals surface area contributed by atoms with E-state index in [4.69, 9.17) is 18.0 Å². The summed E-state index contributed by atoms with van der Waals surface area (Å²) in [6.07, 6.45) is 3.16. The molecule has 1 aromatic heterocycles. The van der Waals surface area contributed by atoms with Gasteiger partial charge in [0.2, 0.25) is 5.95 Å². The van der Waals surface area contributed by atoms with Gasteiger partial charge in [0.15, 0.2) is 0 Å². The number of nitrogens with two attached hydrogens (primary N) is 1. The molecule has 1 aromatic rings. The van der Waals surface area contributed by atoms with Crippen molar-refractivity contribution >= 4 is 23.2 Å². The summed E-state index contributed by atoms with van der Waals surface area (Å²) in [5.74, 6) is 0.821. The molecule has 0 aromatic carbocycles. The van der Waals surface area contributed by atoms with Crippen LogP contribution < -0.4 is 10.6 Å². The van der Waals surface area contributed by atoms with Gasteiger partial charge in [0.1, 0.15) is 0 Å². The number of hydrogen-bond donors (Lipinski definition) is 1. The number of nitrogens with zero attached hydrogens (tertiary/aromatic N) is 3. The van der Waals surface area contributed by atoms with Gasteiger partial charge < -0.3 is 10.6 Å². The van der Waals surface area contributed by atoms with Crippen LogP contribution in [0.25, 0.3) is 0 Å². The molecule has 1 aliphatic carbocycles. The Hall–Kier alpha value is -1.23. The number of thiocarbonyl (C=S) groups is 1. The lowest BCUT2D eigenvalue weighted by Gasteiger charge is -2.22. The summed E-state index contributed by atoms with van der Waals surface area (Å²) in [6.45, 7) is 4.82. The normalized spacial score (nSPS) is 14.7. The molecular formula is C12H18N4S. The summed E-state index contributed by atoms with van der Waals surface area (Å²) >= 11 is 4.93. The lowest BCUT2D eigenvalue weighted by atomic mass is 10.3. The molecule has 1 fully saturated rings. The van der Waals surface area contributed by atoms with Crippen LogP contribution in [-0.4, -0.2) is 27.5 Å². The molecule has 1 saturated carbocycles. The highest BCUT2D eigenvalue weighted by molar-refractivity contribution is 7.80. The zero-order valence-electron chi connectivity index (χ0n) is 10.3. The zero-order valence-corrected chi connectivity index (χ0v) is 11.1. The van der Waals surface area contributed by atoms with Crippen molar-refractivity contribution in [2.24, 2.45) is 5.73 Å². The van der Waals surface area contributed by atoms with Crippen molar-refractivity contribution in [3.8, 4) is 0 Å². The van der Waals surface area contributed by atoms with Crippen molar-refractivity contribution in [3.63, 3.8) is 0 Å². The van der Waals surface area contributed by atoms with E-state index in [1.54, 1.807) is 0 Å². The summed E-state index contributed by atoms with van der Waals surface area (Å²) < 4.78 is 0. The van der Waals surface area contributed by atoms with Gasteiger partial charge in [0, 0.05) is 30.4 Å². The predicted molar refractivity (Wildman–Crippen MR) is 73.3 cm³/mol. The van der Waals surface area contributed by atoms with Crippen molar-refractivity contribution in [3.05, 3.63) is 17.5 Å². The first-order chi connectivity index (χ1) is 8.06. The standard InChI is InChI=1S/C12H18N4S/c1-8-7-9(2)15-12(14-8)16(10-3-4-10)6-5-11(13)17/h7,10H,3-6H2,1-2H3,(H2,13,17). The molecule has 1 aliphatic rings. The maximum Gasteiger partial charge on any atom is 0.226 e. The van der Waals surface area contributed by atoms with E-state index < -0.39 is 0 Å². The Balaban J connectivity index is 2.16. The number of rotatable bonds is 5. The first-order valence-electron chi connectivity index (χ1n) is 5.93. The Morgan fingerprint density at radius 1 is 1.41 bits per heavy atom. The average molecular weight is 250 g/mol. The second-order valence-electron chi connectivity index (χ2n) is 4.59. The first-order valence-corrected chi connectivity index (χ1v) is 6.34. The highest BCUT2D eigenvalue weighted by Gasteiger charge is 2.30. The van der Waals surface area contributed by atoms with Gasteiger partial charge >= 0.3 is 0 Å². The third-order valence-electron chi connectivity index (χ3n) is 2.81. The third kappa shape index (κ3) is 3.36. The van der Waals surface area contributed by atoms with Crippen LogP contribution >= 0.6 is 12.2 Å². The molecule has 92 valence electrons. The van der Waals surface area contributed by atoms with Crippen molar-refractivity contribution in [1.82, 2.24) is 9.97 Å². The minimum atomic E-state index is 0.556. The Labute approximate surface area is 107 Å². The molecule has 0 radical (unpaired) electrons. The van der Waals surface area contributed by atoms with E-state index >= 15 is 0 Å². The van der Waals surface area contributed by atoms with E-state index in [1.807, 2.05) is 19.9 Å². The van der Waals surface area contributed by atoms with Crippen LogP contribution in [0.1, 0.15) is 30.7 Å². The fourth-order valence-electron chi connectivity index (χ4n) is 1.90. The number of hydrogen-bond acceptors (Lipinski definition) is 4. The van der Waals surface area contributed by atoms with Crippen LogP contribution in [0.5, 0.6) is 0 Å². The number of aryl methyl sites for hydroxylation is 2. The Bertz CT molecular complexity index is 408. The highest BCUT2D eigenvalue weighted by Crippen LogP contribution is 2.30. The monoisotopic (exact) mass is 250 g/mol. The molecule has 0 saturated heterocycles. The molecule has 1 heterocycles. The smallest absolute Gasteiger partial charge is 0.226 e. The minimum Gasteiger partial charge on any atom is -0.393 e. The first kappa shape index (κ1) is 12.2. The van der Waals surface area contributed by atoms with Crippen molar-refractivity contribution < 1.29 is 0 Å². The van der Waals surface area contributed by atoms with Gasteiger partial charge in [-0.15, -0.1) is 0 Å². The minimum absolute atomic E-state index is 0.556. The summed E-state index contributed by atoms with van der Waals surface area (Å²) in [4.78, 5) is 11.8. The van der Waals surface area contributed by atoms with Gasteiger partial charge in [-0.25, -0.2) is 9.97 Å². The van der Waals surface area contributed by atoms with Gasteiger partial charge in [-0.2, -0.15) is 0 Å². The van der Waals surface area contributed by atoms with E-state index in [1.165, 1.54) is 12.8 Å².